The minimum atomic E-state index is 0. The van der Waals surface area contributed by atoms with Gasteiger partial charge in [-0.15, -0.1) is 24.0 Å². The van der Waals surface area contributed by atoms with Crippen molar-refractivity contribution in [3.8, 4) is 0 Å². The molecular formula is C20H31IN6O. The Balaban J connectivity index is 0.00000280. The minimum Gasteiger partial charge on any atom is -0.357 e. The molecule has 2 N–H and O–H groups in total. The van der Waals surface area contributed by atoms with Crippen LogP contribution in [0, 0.1) is 6.92 Å². The van der Waals surface area contributed by atoms with Gasteiger partial charge in [0.1, 0.15) is 0 Å². The molecule has 0 atom stereocenters. The molecule has 28 heavy (non-hydrogen) atoms. The second kappa shape index (κ2) is 12.0. The van der Waals surface area contributed by atoms with Gasteiger partial charge < -0.3 is 15.2 Å². The Hall–Kier alpha value is -1.68. The SMILES string of the molecule is CCNC(=NCc1ccc(CN2CCCCC2)cc1)NCc1nc(C)no1.I. The molecule has 8 heteroatoms. The van der Waals surface area contributed by atoms with Crippen molar-refractivity contribution in [2.24, 2.45) is 4.99 Å². The highest BCUT2D eigenvalue weighted by Gasteiger charge is 2.10. The smallest absolute Gasteiger partial charge is 0.246 e. The number of hydrogen-bond donors (Lipinski definition) is 2. The van der Waals surface area contributed by atoms with E-state index in [1.165, 1.54) is 43.5 Å². The van der Waals surface area contributed by atoms with Gasteiger partial charge in [0.15, 0.2) is 11.8 Å². The fourth-order valence-electron chi connectivity index (χ4n) is 3.21. The first-order valence-corrected chi connectivity index (χ1v) is 9.84. The summed E-state index contributed by atoms with van der Waals surface area (Å²) >= 11 is 0. The predicted molar refractivity (Wildman–Crippen MR) is 122 cm³/mol. The van der Waals surface area contributed by atoms with E-state index < -0.39 is 0 Å². The maximum absolute atomic E-state index is 5.12. The van der Waals surface area contributed by atoms with Crippen LogP contribution in [0.4, 0.5) is 0 Å². The van der Waals surface area contributed by atoms with Crippen LogP contribution < -0.4 is 10.6 Å². The van der Waals surface area contributed by atoms with Crippen molar-refractivity contribution in [3.05, 3.63) is 47.1 Å². The number of likely N-dealkylation sites (tertiary alicyclic amines) is 1. The topological polar surface area (TPSA) is 78.6 Å². The first-order chi connectivity index (χ1) is 13.2. The van der Waals surface area contributed by atoms with Gasteiger partial charge >= 0.3 is 0 Å². The third-order valence-electron chi connectivity index (χ3n) is 4.62. The number of nitrogens with zero attached hydrogens (tertiary/aromatic N) is 4. The van der Waals surface area contributed by atoms with Gasteiger partial charge in [-0.25, -0.2) is 4.99 Å². The standard InChI is InChI=1S/C20H30N6O.HI/c1-3-21-20(23-14-19-24-16(2)25-27-19)22-13-17-7-9-18(10-8-17)15-26-11-5-4-6-12-26;/h7-10H,3-6,11-15H2,1-2H3,(H2,21,22,23);1H. The highest BCUT2D eigenvalue weighted by atomic mass is 127. The van der Waals surface area contributed by atoms with E-state index in [-0.39, 0.29) is 24.0 Å². The fraction of sp³-hybridized carbons (Fsp3) is 0.550. The summed E-state index contributed by atoms with van der Waals surface area (Å²) in [4.78, 5) is 11.4. The molecule has 7 nitrogen and oxygen atoms in total. The van der Waals surface area contributed by atoms with Crippen molar-refractivity contribution >= 4 is 29.9 Å². The molecule has 1 saturated heterocycles. The number of benzene rings is 1. The maximum Gasteiger partial charge on any atom is 0.246 e. The van der Waals surface area contributed by atoms with Crippen molar-refractivity contribution < 1.29 is 4.52 Å². The number of halogens is 1. The van der Waals surface area contributed by atoms with E-state index in [0.717, 1.165) is 19.0 Å². The van der Waals surface area contributed by atoms with Crippen LogP contribution >= 0.6 is 24.0 Å². The van der Waals surface area contributed by atoms with Crippen molar-refractivity contribution in [2.45, 2.75) is 52.7 Å². The van der Waals surface area contributed by atoms with E-state index in [9.17, 15) is 0 Å². The lowest BCUT2D eigenvalue weighted by atomic mass is 10.1. The number of guanidine groups is 1. The molecule has 1 aromatic heterocycles. The summed E-state index contributed by atoms with van der Waals surface area (Å²) in [6.45, 7) is 9.24. The lowest BCUT2D eigenvalue weighted by molar-refractivity contribution is 0.221. The third kappa shape index (κ3) is 7.38. The van der Waals surface area contributed by atoms with Gasteiger partial charge in [0.05, 0.1) is 13.1 Å². The van der Waals surface area contributed by atoms with Crippen LogP contribution in [0.3, 0.4) is 0 Å². The molecule has 0 radical (unpaired) electrons. The first-order valence-electron chi connectivity index (χ1n) is 9.84. The molecule has 1 aliphatic rings. The van der Waals surface area contributed by atoms with Crippen LogP contribution in [0.2, 0.25) is 0 Å². The van der Waals surface area contributed by atoms with Gasteiger partial charge in [0.2, 0.25) is 5.89 Å². The predicted octanol–water partition coefficient (Wildman–Crippen LogP) is 3.24. The lowest BCUT2D eigenvalue weighted by Gasteiger charge is -2.26. The summed E-state index contributed by atoms with van der Waals surface area (Å²) in [5, 5.41) is 10.3. The number of aryl methyl sites for hydroxylation is 1. The zero-order valence-corrected chi connectivity index (χ0v) is 19.1. The molecule has 3 rings (SSSR count). The number of hydrogen-bond acceptors (Lipinski definition) is 5. The van der Waals surface area contributed by atoms with E-state index in [0.29, 0.717) is 24.8 Å². The average molecular weight is 498 g/mol. The summed E-state index contributed by atoms with van der Waals surface area (Å²) in [7, 11) is 0. The summed E-state index contributed by atoms with van der Waals surface area (Å²) in [6.07, 6.45) is 4.04. The van der Waals surface area contributed by atoms with Crippen LogP contribution in [0.5, 0.6) is 0 Å². The molecule has 0 amide bonds. The monoisotopic (exact) mass is 498 g/mol. The van der Waals surface area contributed by atoms with Gasteiger partial charge in [0.25, 0.3) is 0 Å². The Morgan fingerprint density at radius 2 is 1.82 bits per heavy atom. The Morgan fingerprint density at radius 3 is 2.46 bits per heavy atom. The van der Waals surface area contributed by atoms with Gasteiger partial charge in [-0.05, 0) is 50.9 Å². The molecule has 1 aromatic carbocycles. The van der Waals surface area contributed by atoms with E-state index in [1.54, 1.807) is 6.92 Å². The van der Waals surface area contributed by atoms with Crippen molar-refractivity contribution in [2.75, 3.05) is 19.6 Å². The summed E-state index contributed by atoms with van der Waals surface area (Å²) in [5.74, 6) is 1.93. The largest absolute Gasteiger partial charge is 0.357 e. The molecule has 1 fully saturated rings. The summed E-state index contributed by atoms with van der Waals surface area (Å²) in [6, 6.07) is 8.80. The average Bonchev–Trinajstić information content (AvgIpc) is 3.11. The lowest BCUT2D eigenvalue weighted by Crippen LogP contribution is -2.36. The fourth-order valence-corrected chi connectivity index (χ4v) is 3.21. The molecule has 154 valence electrons. The van der Waals surface area contributed by atoms with Gasteiger partial charge in [0, 0.05) is 13.1 Å². The Bertz CT molecular complexity index is 725. The number of piperidine rings is 1. The molecule has 0 spiro atoms. The van der Waals surface area contributed by atoms with Crippen molar-refractivity contribution in [1.29, 1.82) is 0 Å². The van der Waals surface area contributed by atoms with E-state index >= 15 is 0 Å². The van der Waals surface area contributed by atoms with E-state index in [4.69, 9.17) is 4.52 Å². The van der Waals surface area contributed by atoms with Crippen LogP contribution in [-0.4, -0.2) is 40.6 Å². The van der Waals surface area contributed by atoms with Crippen LogP contribution in [0.15, 0.2) is 33.8 Å². The number of rotatable bonds is 7. The molecule has 0 bridgehead atoms. The molecule has 0 unspecified atom stereocenters. The van der Waals surface area contributed by atoms with E-state index in [1.807, 2.05) is 6.92 Å². The van der Waals surface area contributed by atoms with Crippen molar-refractivity contribution in [1.82, 2.24) is 25.7 Å². The van der Waals surface area contributed by atoms with Crippen molar-refractivity contribution in [3.63, 3.8) is 0 Å². The quantitative estimate of drug-likeness (QED) is 0.347. The van der Waals surface area contributed by atoms with Gasteiger partial charge in [-0.3, -0.25) is 4.90 Å². The van der Waals surface area contributed by atoms with E-state index in [2.05, 4.69) is 54.9 Å². The van der Waals surface area contributed by atoms with Crippen LogP contribution in [-0.2, 0) is 19.6 Å². The van der Waals surface area contributed by atoms with Gasteiger partial charge in [-0.1, -0.05) is 35.8 Å². The third-order valence-corrected chi connectivity index (χ3v) is 4.62. The minimum absolute atomic E-state index is 0. The maximum atomic E-state index is 5.12. The molecule has 1 aliphatic heterocycles. The Morgan fingerprint density at radius 1 is 1.11 bits per heavy atom. The molecule has 0 saturated carbocycles. The number of aliphatic imine (C=N–C) groups is 1. The zero-order valence-electron chi connectivity index (χ0n) is 16.8. The van der Waals surface area contributed by atoms with Gasteiger partial charge in [-0.2, -0.15) is 4.98 Å². The highest BCUT2D eigenvalue weighted by molar-refractivity contribution is 14.0. The Labute approximate surface area is 184 Å². The second-order valence-electron chi connectivity index (χ2n) is 6.94. The van der Waals surface area contributed by atoms with Crippen LogP contribution in [0.1, 0.15) is 49.0 Å². The summed E-state index contributed by atoms with van der Waals surface area (Å²) in [5.41, 5.74) is 2.57. The van der Waals surface area contributed by atoms with Crippen LogP contribution in [0.25, 0.3) is 0 Å². The molecule has 2 aromatic rings. The normalized spacial score (nSPS) is 15.1. The molecule has 2 heterocycles. The Kier molecular flexibility index (Phi) is 9.69. The number of nitrogens with one attached hydrogen (secondary N) is 2. The molecular weight excluding hydrogens is 467 g/mol. The molecule has 0 aliphatic carbocycles. The highest BCUT2D eigenvalue weighted by Crippen LogP contribution is 2.14. The zero-order chi connectivity index (χ0) is 18.9. The number of aromatic nitrogens is 2. The summed E-state index contributed by atoms with van der Waals surface area (Å²) < 4.78 is 5.12. The first kappa shape index (κ1) is 22.6. The second-order valence-corrected chi connectivity index (χ2v) is 6.94.